The summed E-state index contributed by atoms with van der Waals surface area (Å²) in [4.78, 5) is 12.5. The van der Waals surface area contributed by atoms with Crippen molar-refractivity contribution in [3.8, 4) is 0 Å². The second-order valence-corrected chi connectivity index (χ2v) is 9.78. The average Bonchev–Trinajstić information content (AvgIpc) is 2.85. The van der Waals surface area contributed by atoms with Gasteiger partial charge < -0.3 is 10.2 Å². The molecule has 2 fully saturated rings. The number of rotatable bonds is 8. The second kappa shape index (κ2) is 11.5. The topological polar surface area (TPSA) is 34.6 Å². The summed E-state index contributed by atoms with van der Waals surface area (Å²) in [7, 11) is 1.93. The van der Waals surface area contributed by atoms with E-state index in [1.54, 1.807) is 0 Å². The third kappa shape index (κ3) is 6.05. The van der Waals surface area contributed by atoms with Gasteiger partial charge in [0, 0.05) is 51.7 Å². The van der Waals surface area contributed by atoms with E-state index < -0.39 is 6.43 Å². The third-order valence-electron chi connectivity index (χ3n) is 7.48. The van der Waals surface area contributed by atoms with E-state index >= 15 is 0 Å². The first kappa shape index (κ1) is 24.9. The molecular formula is C27H39F2N5. The lowest BCUT2D eigenvalue weighted by atomic mass is 9.97. The Balaban J connectivity index is 1.29. The van der Waals surface area contributed by atoms with E-state index in [-0.39, 0.29) is 6.42 Å². The van der Waals surface area contributed by atoms with Gasteiger partial charge in [-0.15, -0.1) is 0 Å². The van der Waals surface area contributed by atoms with E-state index in [0.29, 0.717) is 17.6 Å². The molecule has 186 valence electrons. The third-order valence-corrected chi connectivity index (χ3v) is 7.48. The lowest BCUT2D eigenvalue weighted by Crippen LogP contribution is -2.58. The molecule has 0 radical (unpaired) electrons. The van der Waals surface area contributed by atoms with Gasteiger partial charge in [0.2, 0.25) is 6.43 Å². The maximum absolute atomic E-state index is 12.6. The molecule has 0 aliphatic carbocycles. The Morgan fingerprint density at radius 2 is 1.76 bits per heavy atom. The molecule has 7 heteroatoms. The number of hydrogen-bond acceptors (Lipinski definition) is 5. The quantitative estimate of drug-likeness (QED) is 0.598. The molecule has 2 aliphatic heterocycles. The number of nitrogens with zero attached hydrogens (tertiary/aromatic N) is 4. The maximum atomic E-state index is 12.6. The van der Waals surface area contributed by atoms with E-state index in [2.05, 4.69) is 39.9 Å². The molecule has 2 aliphatic rings. The summed E-state index contributed by atoms with van der Waals surface area (Å²) in [5, 5.41) is 3.18. The smallest absolute Gasteiger partial charge is 0.242 e. The highest BCUT2D eigenvalue weighted by molar-refractivity contribution is 5.54. The van der Waals surface area contributed by atoms with Gasteiger partial charge in [-0.1, -0.05) is 31.2 Å². The molecule has 1 unspecified atom stereocenters. The van der Waals surface area contributed by atoms with Crippen LogP contribution in [0, 0.1) is 6.92 Å². The predicted molar refractivity (Wildman–Crippen MR) is 136 cm³/mol. The molecule has 1 N–H and O–H groups in total. The van der Waals surface area contributed by atoms with Crippen LogP contribution in [0.4, 0.5) is 20.3 Å². The highest BCUT2D eigenvalue weighted by atomic mass is 19.3. The molecule has 0 amide bonds. The number of alkyl halides is 2. The Bertz CT molecular complexity index is 912. The fraction of sp³-hybridized carbons (Fsp3) is 0.593. The molecule has 34 heavy (non-hydrogen) atoms. The number of pyridine rings is 1. The van der Waals surface area contributed by atoms with Crippen molar-refractivity contribution in [1.29, 1.82) is 0 Å². The number of likely N-dealkylation sites (tertiary alicyclic amines) is 1. The number of aromatic nitrogens is 1. The van der Waals surface area contributed by atoms with Gasteiger partial charge in [-0.2, -0.15) is 0 Å². The molecule has 5 nitrogen and oxygen atoms in total. The van der Waals surface area contributed by atoms with Crippen LogP contribution in [0.3, 0.4) is 0 Å². The van der Waals surface area contributed by atoms with Crippen LogP contribution in [-0.4, -0.2) is 73.1 Å². The molecule has 3 heterocycles. The van der Waals surface area contributed by atoms with Crippen LogP contribution in [0.2, 0.25) is 0 Å². The summed E-state index contributed by atoms with van der Waals surface area (Å²) in [5.74, 6) is 1.12. The number of piperidine rings is 1. The molecule has 0 spiro atoms. The van der Waals surface area contributed by atoms with Gasteiger partial charge in [-0.05, 0) is 62.0 Å². The minimum Gasteiger partial charge on any atom is -0.387 e. The van der Waals surface area contributed by atoms with Gasteiger partial charge in [0.25, 0.3) is 0 Å². The summed E-state index contributed by atoms with van der Waals surface area (Å²) in [6.45, 7) is 10.7. The van der Waals surface area contributed by atoms with Gasteiger partial charge in [0.1, 0.15) is 5.82 Å². The van der Waals surface area contributed by atoms with E-state index in [1.165, 1.54) is 24.0 Å². The van der Waals surface area contributed by atoms with Gasteiger partial charge in [-0.25, -0.2) is 13.8 Å². The Hall–Kier alpha value is -2.25. The summed E-state index contributed by atoms with van der Waals surface area (Å²) < 4.78 is 25.1. The molecule has 0 saturated carbocycles. The minimum atomic E-state index is -2.28. The van der Waals surface area contributed by atoms with Crippen LogP contribution in [-0.2, 0) is 13.0 Å². The Kier molecular flexibility index (Phi) is 8.37. The molecular weight excluding hydrogens is 432 g/mol. The van der Waals surface area contributed by atoms with Crippen molar-refractivity contribution in [3.63, 3.8) is 0 Å². The number of piperazine rings is 1. The number of halogens is 2. The van der Waals surface area contributed by atoms with E-state index in [1.807, 2.05) is 37.5 Å². The van der Waals surface area contributed by atoms with Crippen LogP contribution in [0.25, 0.3) is 0 Å². The molecule has 0 bridgehead atoms. The Morgan fingerprint density at radius 1 is 1.06 bits per heavy atom. The monoisotopic (exact) mass is 471 g/mol. The maximum Gasteiger partial charge on any atom is 0.242 e. The van der Waals surface area contributed by atoms with Crippen LogP contribution in [0.15, 0.2) is 36.5 Å². The zero-order chi connectivity index (χ0) is 24.1. The van der Waals surface area contributed by atoms with Crippen molar-refractivity contribution >= 4 is 11.5 Å². The molecule has 1 aromatic carbocycles. The SMILES string of the molecule is CCC1CN(c2ncc(NC)cc2C)CCN1C1CCN(Cc2ccc(CC(F)F)cc2)CC1. The summed E-state index contributed by atoms with van der Waals surface area (Å²) in [5.41, 5.74) is 4.21. The number of nitrogens with one attached hydrogen (secondary N) is 1. The van der Waals surface area contributed by atoms with Crippen molar-refractivity contribution in [3.05, 3.63) is 53.2 Å². The highest BCUT2D eigenvalue weighted by Crippen LogP contribution is 2.28. The van der Waals surface area contributed by atoms with Gasteiger partial charge in [0.15, 0.2) is 0 Å². The van der Waals surface area contributed by atoms with Crippen molar-refractivity contribution in [2.24, 2.45) is 0 Å². The highest BCUT2D eigenvalue weighted by Gasteiger charge is 2.33. The van der Waals surface area contributed by atoms with Crippen LogP contribution >= 0.6 is 0 Å². The summed E-state index contributed by atoms with van der Waals surface area (Å²) in [6.07, 6.45) is 3.02. The average molecular weight is 472 g/mol. The molecule has 2 aromatic rings. The number of aryl methyl sites for hydroxylation is 1. The summed E-state index contributed by atoms with van der Waals surface area (Å²) in [6, 6.07) is 11.1. The minimum absolute atomic E-state index is 0.158. The first-order valence-electron chi connectivity index (χ1n) is 12.7. The summed E-state index contributed by atoms with van der Waals surface area (Å²) >= 11 is 0. The first-order valence-corrected chi connectivity index (χ1v) is 12.7. The van der Waals surface area contributed by atoms with Gasteiger partial charge in [-0.3, -0.25) is 9.80 Å². The molecule has 2 saturated heterocycles. The van der Waals surface area contributed by atoms with Crippen molar-refractivity contribution < 1.29 is 8.78 Å². The number of hydrogen-bond donors (Lipinski definition) is 1. The molecule has 4 rings (SSSR count). The van der Waals surface area contributed by atoms with Crippen molar-refractivity contribution in [1.82, 2.24) is 14.8 Å². The Morgan fingerprint density at radius 3 is 2.38 bits per heavy atom. The van der Waals surface area contributed by atoms with Crippen LogP contribution in [0.5, 0.6) is 0 Å². The predicted octanol–water partition coefficient (Wildman–Crippen LogP) is 4.80. The number of benzene rings is 1. The normalized spacial score (nSPS) is 20.8. The Labute approximate surface area is 203 Å². The standard InChI is InChI=1S/C27H39F2N5/c1-4-24-19-33(27-20(2)15-23(30-3)17-31-27)13-14-34(24)25-9-11-32(12-10-25)18-22-7-5-21(6-8-22)16-26(28)29/h5-8,15,17,24-26,30H,4,9-14,16,18-19H2,1-3H3. The fourth-order valence-corrected chi connectivity index (χ4v) is 5.57. The molecule has 1 atom stereocenters. The van der Waals surface area contributed by atoms with E-state index in [0.717, 1.165) is 57.2 Å². The van der Waals surface area contributed by atoms with Gasteiger partial charge >= 0.3 is 0 Å². The van der Waals surface area contributed by atoms with E-state index in [4.69, 9.17) is 4.98 Å². The lowest BCUT2D eigenvalue weighted by Gasteiger charge is -2.48. The second-order valence-electron chi connectivity index (χ2n) is 9.78. The fourth-order valence-electron chi connectivity index (χ4n) is 5.57. The first-order chi connectivity index (χ1) is 16.5. The molecule has 1 aromatic heterocycles. The largest absolute Gasteiger partial charge is 0.387 e. The van der Waals surface area contributed by atoms with Crippen molar-refractivity contribution in [2.45, 2.75) is 64.6 Å². The zero-order valence-electron chi connectivity index (χ0n) is 20.8. The van der Waals surface area contributed by atoms with Crippen molar-refractivity contribution in [2.75, 3.05) is 50.0 Å². The lowest BCUT2D eigenvalue weighted by molar-refractivity contribution is 0.0610. The number of anilines is 2. The van der Waals surface area contributed by atoms with Crippen LogP contribution < -0.4 is 10.2 Å². The zero-order valence-corrected chi connectivity index (χ0v) is 20.8. The van der Waals surface area contributed by atoms with Gasteiger partial charge in [0.05, 0.1) is 11.9 Å². The van der Waals surface area contributed by atoms with Crippen LogP contribution in [0.1, 0.15) is 42.9 Å². The van der Waals surface area contributed by atoms with E-state index in [9.17, 15) is 8.78 Å².